The van der Waals surface area contributed by atoms with Gasteiger partial charge in [-0.1, -0.05) is 0 Å². The monoisotopic (exact) mass is 295 g/mol. The molecule has 0 aliphatic rings. The van der Waals surface area contributed by atoms with Gasteiger partial charge in [0, 0.05) is 12.1 Å². The van der Waals surface area contributed by atoms with E-state index in [2.05, 4.69) is 10.3 Å². The Bertz CT molecular complexity index is 736. The summed E-state index contributed by atoms with van der Waals surface area (Å²) in [5.41, 5.74) is -1.59. The number of anilines is 2. The van der Waals surface area contributed by atoms with Crippen molar-refractivity contribution in [3.05, 3.63) is 57.8 Å². The minimum atomic E-state index is -1.54. The van der Waals surface area contributed by atoms with Crippen LogP contribution in [0.1, 0.15) is 10.4 Å². The first kappa shape index (κ1) is 14.3. The summed E-state index contributed by atoms with van der Waals surface area (Å²) in [4.78, 5) is 24.3. The number of hydrogen-bond acceptors (Lipinski definition) is 5. The van der Waals surface area contributed by atoms with Gasteiger partial charge in [-0.25, -0.2) is 18.6 Å². The first-order chi connectivity index (χ1) is 9.88. The van der Waals surface area contributed by atoms with E-state index in [4.69, 9.17) is 5.11 Å². The fourth-order valence-electron chi connectivity index (χ4n) is 1.56. The number of carbonyl (C=O) groups is 1. The molecule has 0 aliphatic heterocycles. The molecule has 2 aromatic rings. The average Bonchev–Trinajstić information content (AvgIpc) is 2.42. The van der Waals surface area contributed by atoms with E-state index >= 15 is 0 Å². The zero-order valence-electron chi connectivity index (χ0n) is 10.2. The van der Waals surface area contributed by atoms with Gasteiger partial charge in [-0.2, -0.15) is 0 Å². The Morgan fingerprint density at radius 3 is 2.67 bits per heavy atom. The summed E-state index contributed by atoms with van der Waals surface area (Å²) in [6.45, 7) is 0. The molecule has 1 aromatic heterocycles. The number of rotatable bonds is 4. The van der Waals surface area contributed by atoms with Crippen LogP contribution in [0.5, 0.6) is 0 Å². The number of benzene rings is 1. The van der Waals surface area contributed by atoms with E-state index < -0.39 is 33.8 Å². The van der Waals surface area contributed by atoms with Gasteiger partial charge in [-0.05, 0) is 12.1 Å². The van der Waals surface area contributed by atoms with Crippen molar-refractivity contribution in [3.8, 4) is 0 Å². The first-order valence-electron chi connectivity index (χ1n) is 5.48. The van der Waals surface area contributed by atoms with Crippen LogP contribution in [-0.4, -0.2) is 21.0 Å². The predicted octanol–water partition coefficient (Wildman–Crippen LogP) is 2.71. The molecule has 7 nitrogen and oxygen atoms in total. The van der Waals surface area contributed by atoms with Crippen LogP contribution in [-0.2, 0) is 0 Å². The maximum absolute atomic E-state index is 13.4. The maximum atomic E-state index is 13.4. The third-order valence-corrected chi connectivity index (χ3v) is 2.50. The molecule has 0 unspecified atom stereocenters. The lowest BCUT2D eigenvalue weighted by Gasteiger charge is -2.07. The Labute approximate surface area is 116 Å². The SMILES string of the molecule is O=C(O)c1cc(Nc2cc(F)ccc2F)ncc1[N+](=O)[O-]. The zero-order chi connectivity index (χ0) is 15.6. The van der Waals surface area contributed by atoms with Crippen LogP contribution in [0.4, 0.5) is 26.0 Å². The van der Waals surface area contributed by atoms with Gasteiger partial charge in [0.1, 0.15) is 29.2 Å². The second kappa shape index (κ2) is 5.49. The molecule has 0 saturated heterocycles. The summed E-state index contributed by atoms with van der Waals surface area (Å²) < 4.78 is 26.5. The fraction of sp³-hybridized carbons (Fsp3) is 0. The van der Waals surface area contributed by atoms with E-state index in [0.717, 1.165) is 30.5 Å². The van der Waals surface area contributed by atoms with Crippen molar-refractivity contribution in [2.24, 2.45) is 0 Å². The molecule has 2 N–H and O–H groups in total. The molecule has 2 rings (SSSR count). The van der Waals surface area contributed by atoms with Gasteiger partial charge < -0.3 is 10.4 Å². The van der Waals surface area contributed by atoms with Crippen molar-refractivity contribution in [2.45, 2.75) is 0 Å². The topological polar surface area (TPSA) is 105 Å². The van der Waals surface area contributed by atoms with E-state index in [1.165, 1.54) is 0 Å². The lowest BCUT2D eigenvalue weighted by Crippen LogP contribution is -2.05. The van der Waals surface area contributed by atoms with Crippen LogP contribution < -0.4 is 5.32 Å². The normalized spacial score (nSPS) is 10.2. The Morgan fingerprint density at radius 2 is 2.05 bits per heavy atom. The summed E-state index contributed by atoms with van der Waals surface area (Å²) in [6, 6.07) is 3.50. The standard InChI is InChI=1S/C12H7F2N3O4/c13-6-1-2-8(14)9(3-6)16-11-4-7(12(18)19)10(5-15-11)17(20)21/h1-5H,(H,15,16)(H,18,19). The highest BCUT2D eigenvalue weighted by atomic mass is 19.1. The van der Waals surface area contributed by atoms with E-state index in [1.807, 2.05) is 0 Å². The van der Waals surface area contributed by atoms with Gasteiger partial charge >= 0.3 is 11.7 Å². The van der Waals surface area contributed by atoms with Crippen molar-refractivity contribution in [2.75, 3.05) is 5.32 Å². The Kier molecular flexibility index (Phi) is 3.74. The summed E-state index contributed by atoms with van der Waals surface area (Å²) in [7, 11) is 0. The van der Waals surface area contributed by atoms with Crippen LogP contribution in [0.3, 0.4) is 0 Å². The van der Waals surface area contributed by atoms with E-state index in [1.54, 1.807) is 0 Å². The third kappa shape index (κ3) is 3.08. The molecule has 0 fully saturated rings. The maximum Gasteiger partial charge on any atom is 0.342 e. The highest BCUT2D eigenvalue weighted by molar-refractivity contribution is 5.93. The van der Waals surface area contributed by atoms with Gasteiger partial charge in [0.05, 0.1) is 10.6 Å². The smallest absolute Gasteiger partial charge is 0.342 e. The second-order valence-electron chi connectivity index (χ2n) is 3.90. The lowest BCUT2D eigenvalue weighted by atomic mass is 10.2. The summed E-state index contributed by atoms with van der Waals surface area (Å²) in [6.07, 6.45) is 0.725. The summed E-state index contributed by atoms with van der Waals surface area (Å²) >= 11 is 0. The lowest BCUT2D eigenvalue weighted by molar-refractivity contribution is -0.385. The molecule has 108 valence electrons. The zero-order valence-corrected chi connectivity index (χ0v) is 10.2. The van der Waals surface area contributed by atoms with Gasteiger partial charge in [-0.15, -0.1) is 0 Å². The molecule has 0 saturated carbocycles. The van der Waals surface area contributed by atoms with Crippen LogP contribution in [0, 0.1) is 21.7 Å². The minimum absolute atomic E-state index is 0.164. The quantitative estimate of drug-likeness (QED) is 0.663. The molecule has 0 amide bonds. The van der Waals surface area contributed by atoms with Crippen LogP contribution in [0.2, 0.25) is 0 Å². The van der Waals surface area contributed by atoms with Gasteiger partial charge in [0.2, 0.25) is 0 Å². The number of halogens is 2. The Morgan fingerprint density at radius 1 is 1.33 bits per heavy atom. The number of aromatic carboxylic acids is 1. The van der Waals surface area contributed by atoms with E-state index in [0.29, 0.717) is 0 Å². The number of nitrogens with one attached hydrogen (secondary N) is 1. The van der Waals surface area contributed by atoms with Crippen LogP contribution in [0.15, 0.2) is 30.5 Å². The number of nitrogens with zero attached hydrogens (tertiary/aromatic N) is 2. The number of carboxylic acid groups (broad SMARTS) is 1. The van der Waals surface area contributed by atoms with Crippen molar-refractivity contribution in [3.63, 3.8) is 0 Å². The number of carboxylic acids is 1. The van der Waals surface area contributed by atoms with Gasteiger partial charge in [-0.3, -0.25) is 10.1 Å². The van der Waals surface area contributed by atoms with Crippen molar-refractivity contribution in [1.82, 2.24) is 4.98 Å². The fourth-order valence-corrected chi connectivity index (χ4v) is 1.56. The molecule has 9 heteroatoms. The highest BCUT2D eigenvalue weighted by Crippen LogP contribution is 2.24. The molecule has 0 bridgehead atoms. The Hall–Kier alpha value is -3.10. The summed E-state index contributed by atoms with van der Waals surface area (Å²) in [5, 5.41) is 21.9. The van der Waals surface area contributed by atoms with Gasteiger partial charge in [0.25, 0.3) is 0 Å². The van der Waals surface area contributed by atoms with Crippen LogP contribution >= 0.6 is 0 Å². The molecule has 0 radical (unpaired) electrons. The molecule has 0 atom stereocenters. The van der Waals surface area contributed by atoms with Crippen LogP contribution in [0.25, 0.3) is 0 Å². The molecule has 0 spiro atoms. The second-order valence-corrected chi connectivity index (χ2v) is 3.90. The molecule has 1 aromatic carbocycles. The van der Waals surface area contributed by atoms with Crippen molar-refractivity contribution < 1.29 is 23.6 Å². The average molecular weight is 295 g/mol. The number of aromatic nitrogens is 1. The molecular formula is C12H7F2N3O4. The van der Waals surface area contributed by atoms with E-state index in [-0.39, 0.29) is 11.5 Å². The molecule has 1 heterocycles. The van der Waals surface area contributed by atoms with Gasteiger partial charge in [0.15, 0.2) is 0 Å². The summed E-state index contributed by atoms with van der Waals surface area (Å²) in [5.74, 6) is -3.19. The number of nitro groups is 1. The first-order valence-corrected chi connectivity index (χ1v) is 5.48. The molecule has 0 aliphatic carbocycles. The molecular weight excluding hydrogens is 288 g/mol. The third-order valence-electron chi connectivity index (χ3n) is 2.50. The largest absolute Gasteiger partial charge is 0.477 e. The highest BCUT2D eigenvalue weighted by Gasteiger charge is 2.21. The molecule has 21 heavy (non-hydrogen) atoms. The number of hydrogen-bond donors (Lipinski definition) is 2. The predicted molar refractivity (Wildman–Crippen MR) is 67.5 cm³/mol. The minimum Gasteiger partial charge on any atom is -0.477 e. The van der Waals surface area contributed by atoms with E-state index in [9.17, 15) is 23.7 Å². The van der Waals surface area contributed by atoms with Crippen molar-refractivity contribution in [1.29, 1.82) is 0 Å². The van der Waals surface area contributed by atoms with Crippen molar-refractivity contribution >= 4 is 23.2 Å². The Balaban J connectivity index is 2.41. The number of pyridine rings is 1.